The summed E-state index contributed by atoms with van der Waals surface area (Å²) in [7, 11) is 2.62. The van der Waals surface area contributed by atoms with E-state index in [-0.39, 0.29) is 47.8 Å². The predicted molar refractivity (Wildman–Crippen MR) is 219 cm³/mol. The van der Waals surface area contributed by atoms with Crippen molar-refractivity contribution in [1.82, 2.24) is 40.4 Å². The van der Waals surface area contributed by atoms with E-state index in [4.69, 9.17) is 19.4 Å². The summed E-state index contributed by atoms with van der Waals surface area (Å²) in [5, 5.41) is 5.49. The molecule has 2 aromatic carbocycles. The Bertz CT molecular complexity index is 2080. The van der Waals surface area contributed by atoms with Crippen molar-refractivity contribution in [3.63, 3.8) is 0 Å². The standard InChI is InChI=1S/C45H54N8O6/c1-22(2)38(50-44(56)58-5)42(54)52-34-15-28(34)17-36(52)40-46-20-32(48-40)26-11-7-24(8-12-26)30-19-31(30)25-9-13-27(14-10-25)33-21-47-41(49-33)37-18-29-16-35(29)53(37)43(55)39(23(3)4)51-45(57)59-6/h7-14,20-23,28-31,34-39H,15-19H2,1-6H3,(H,46,48)(H,47,49)(H,50,56)(H,51,57)/t28-,29-,30+,31+,34-,35-,36+,37+,38+,39+/m1/s1. The molecule has 0 radical (unpaired) electrons. The first kappa shape index (κ1) is 38.8. The molecule has 4 amide bonds. The molecule has 0 unspecified atom stereocenters. The van der Waals surface area contributed by atoms with Gasteiger partial charge in [-0.1, -0.05) is 76.2 Å². The van der Waals surface area contributed by atoms with Gasteiger partial charge in [0.2, 0.25) is 11.8 Å². The van der Waals surface area contributed by atoms with E-state index in [0.717, 1.165) is 66.3 Å². The Morgan fingerprint density at radius 3 is 1.36 bits per heavy atom. The molecule has 0 bridgehead atoms. The van der Waals surface area contributed by atoms with E-state index >= 15 is 0 Å². The Labute approximate surface area is 344 Å². The highest BCUT2D eigenvalue weighted by molar-refractivity contribution is 5.88. The quantitative estimate of drug-likeness (QED) is 0.121. The van der Waals surface area contributed by atoms with Crippen LogP contribution in [0.4, 0.5) is 9.59 Å². The Morgan fingerprint density at radius 1 is 0.610 bits per heavy atom. The van der Waals surface area contributed by atoms with Crippen LogP contribution in [-0.4, -0.2) is 92.1 Å². The van der Waals surface area contributed by atoms with Gasteiger partial charge < -0.3 is 39.9 Å². The number of likely N-dealkylation sites (tertiary alicyclic amines) is 2. The summed E-state index contributed by atoms with van der Waals surface area (Å²) >= 11 is 0. The number of fused-ring (bicyclic) bond motifs is 2. The summed E-state index contributed by atoms with van der Waals surface area (Å²) in [5.74, 6) is 3.03. The minimum absolute atomic E-state index is 0.0864. The maximum atomic E-state index is 13.8. The van der Waals surface area contributed by atoms with E-state index in [2.05, 4.69) is 69.1 Å². The number of H-pyrrole nitrogens is 2. The van der Waals surface area contributed by atoms with Crippen LogP contribution < -0.4 is 10.6 Å². The van der Waals surface area contributed by atoms with Gasteiger partial charge in [-0.25, -0.2) is 19.6 Å². The van der Waals surface area contributed by atoms with Crippen molar-refractivity contribution in [1.29, 1.82) is 0 Å². The van der Waals surface area contributed by atoms with Crippen LogP contribution in [0.2, 0.25) is 0 Å². The van der Waals surface area contributed by atoms with Crippen molar-refractivity contribution >= 4 is 24.0 Å². The van der Waals surface area contributed by atoms with E-state index in [0.29, 0.717) is 23.7 Å². The van der Waals surface area contributed by atoms with E-state index in [1.165, 1.54) is 25.3 Å². The lowest BCUT2D eigenvalue weighted by Crippen LogP contribution is -2.52. The van der Waals surface area contributed by atoms with Crippen molar-refractivity contribution in [2.45, 2.75) is 108 Å². The predicted octanol–water partition coefficient (Wildman–Crippen LogP) is 6.82. The number of carbonyl (C=O) groups excluding carboxylic acids is 4. The number of imidazole rings is 2. The topological polar surface area (TPSA) is 175 Å². The average Bonchev–Trinajstić information content (AvgIpc) is 4.16. The number of carbonyl (C=O) groups is 4. The maximum absolute atomic E-state index is 13.8. The summed E-state index contributed by atoms with van der Waals surface area (Å²) in [5.41, 5.74) is 6.53. The number of amides is 4. The number of benzene rings is 2. The molecular formula is C45H54N8O6. The first-order valence-electron chi connectivity index (χ1n) is 21.1. The number of rotatable bonds is 12. The molecular weight excluding hydrogens is 749 g/mol. The first-order valence-corrected chi connectivity index (χ1v) is 21.1. The Morgan fingerprint density at radius 2 is 1.00 bits per heavy atom. The fourth-order valence-corrected chi connectivity index (χ4v) is 9.81. The second-order valence-corrected chi connectivity index (χ2v) is 17.9. The summed E-state index contributed by atoms with van der Waals surface area (Å²) < 4.78 is 9.60. The van der Waals surface area contributed by atoms with E-state index < -0.39 is 24.3 Å². The molecule has 10 atom stereocenters. The number of alkyl carbamates (subject to hydrolysis) is 2. The van der Waals surface area contributed by atoms with Gasteiger partial charge in [0.05, 0.1) is 50.1 Å². The third-order valence-corrected chi connectivity index (χ3v) is 13.4. The fraction of sp³-hybridized carbons (Fsp3) is 0.511. The molecule has 5 aliphatic rings. The van der Waals surface area contributed by atoms with E-state index in [1.54, 1.807) is 0 Å². The van der Waals surface area contributed by atoms with Gasteiger partial charge >= 0.3 is 12.2 Å². The molecule has 3 saturated carbocycles. The van der Waals surface area contributed by atoms with Gasteiger partial charge in [-0.15, -0.1) is 0 Å². The smallest absolute Gasteiger partial charge is 0.407 e. The van der Waals surface area contributed by atoms with Crippen LogP contribution in [0.25, 0.3) is 22.5 Å². The summed E-state index contributed by atoms with van der Waals surface area (Å²) in [6, 6.07) is 16.1. The number of hydrogen-bond donors (Lipinski definition) is 4. The van der Waals surface area contributed by atoms with Crippen LogP contribution in [-0.2, 0) is 19.1 Å². The Kier molecular flexibility index (Phi) is 9.99. The zero-order valence-electron chi connectivity index (χ0n) is 34.5. The summed E-state index contributed by atoms with van der Waals surface area (Å²) in [4.78, 5) is 72.1. The number of aromatic amines is 2. The molecule has 2 aliphatic heterocycles. The number of hydrogen-bond acceptors (Lipinski definition) is 8. The van der Waals surface area contributed by atoms with Crippen molar-refractivity contribution in [3.8, 4) is 22.5 Å². The van der Waals surface area contributed by atoms with Gasteiger partial charge in [0.15, 0.2) is 0 Å². The van der Waals surface area contributed by atoms with Gasteiger partial charge in [0.25, 0.3) is 0 Å². The van der Waals surface area contributed by atoms with Crippen LogP contribution in [0.15, 0.2) is 60.9 Å². The molecule has 9 rings (SSSR count). The lowest BCUT2D eigenvalue weighted by molar-refractivity contribution is -0.137. The van der Waals surface area contributed by atoms with Gasteiger partial charge in [0.1, 0.15) is 23.7 Å². The second kappa shape index (κ2) is 15.2. The Hall–Kier alpha value is -5.66. The lowest BCUT2D eigenvalue weighted by Gasteiger charge is -2.31. The number of nitrogens with one attached hydrogen (secondary N) is 4. The molecule has 2 aromatic heterocycles. The number of ether oxygens (including phenoxy) is 2. The molecule has 2 saturated heterocycles. The zero-order valence-corrected chi connectivity index (χ0v) is 34.5. The molecule has 310 valence electrons. The van der Waals surface area contributed by atoms with Gasteiger partial charge in [-0.05, 0) is 89.9 Å². The molecule has 59 heavy (non-hydrogen) atoms. The van der Waals surface area contributed by atoms with Crippen LogP contribution in [0.5, 0.6) is 0 Å². The number of aromatic nitrogens is 4. The van der Waals surface area contributed by atoms with Crippen molar-refractivity contribution < 1.29 is 28.7 Å². The zero-order chi connectivity index (χ0) is 41.3. The molecule has 3 aliphatic carbocycles. The highest BCUT2D eigenvalue weighted by Crippen LogP contribution is 2.56. The monoisotopic (exact) mass is 802 g/mol. The fourth-order valence-electron chi connectivity index (χ4n) is 9.81. The van der Waals surface area contributed by atoms with E-state index in [1.807, 2.05) is 49.9 Å². The van der Waals surface area contributed by atoms with Crippen LogP contribution in [0.3, 0.4) is 0 Å². The third kappa shape index (κ3) is 7.35. The van der Waals surface area contributed by atoms with Gasteiger partial charge in [-0.2, -0.15) is 0 Å². The molecule has 14 heteroatoms. The summed E-state index contributed by atoms with van der Waals surface area (Å²) in [6.07, 6.45) is 7.29. The maximum Gasteiger partial charge on any atom is 0.407 e. The summed E-state index contributed by atoms with van der Waals surface area (Å²) in [6.45, 7) is 7.71. The molecule has 14 nitrogen and oxygen atoms in total. The number of nitrogens with zero attached hydrogens (tertiary/aromatic N) is 4. The average molecular weight is 803 g/mol. The minimum Gasteiger partial charge on any atom is -0.453 e. The van der Waals surface area contributed by atoms with Crippen LogP contribution in [0, 0.1) is 23.7 Å². The van der Waals surface area contributed by atoms with Gasteiger partial charge in [-0.3, -0.25) is 9.59 Å². The first-order chi connectivity index (χ1) is 28.4. The SMILES string of the molecule is COC(=O)N[C@H](C(=O)N1[C@@H]2C[C@@H]2C[C@H]1c1ncc(-c2ccc([C@@H]3C[C@H]3c3ccc(-c4cnc([C@@H]5C[C@H]6C[C@H]6N5C(=O)[C@@H](NC(=O)OC)C(C)C)[nH]4)cc3)cc2)[nH]1)C(C)C. The Balaban J connectivity index is 0.827. The number of methoxy groups -OCH3 is 2. The highest BCUT2D eigenvalue weighted by Gasteiger charge is 2.57. The molecule has 0 spiro atoms. The van der Waals surface area contributed by atoms with Gasteiger partial charge in [0, 0.05) is 12.1 Å². The van der Waals surface area contributed by atoms with Crippen LogP contribution >= 0.6 is 0 Å². The minimum atomic E-state index is -0.665. The molecule has 4 heterocycles. The molecule has 4 N–H and O–H groups in total. The highest BCUT2D eigenvalue weighted by atomic mass is 16.5. The third-order valence-electron chi connectivity index (χ3n) is 13.4. The van der Waals surface area contributed by atoms with Crippen molar-refractivity contribution in [2.75, 3.05) is 14.2 Å². The number of piperidine rings is 2. The normalized spacial score (nSPS) is 27.2. The largest absolute Gasteiger partial charge is 0.453 e. The molecule has 5 fully saturated rings. The molecule has 4 aromatic rings. The van der Waals surface area contributed by atoms with Crippen molar-refractivity contribution in [2.24, 2.45) is 23.7 Å². The lowest BCUT2D eigenvalue weighted by atomic mass is 10.0. The second-order valence-electron chi connectivity index (χ2n) is 17.9. The van der Waals surface area contributed by atoms with Crippen molar-refractivity contribution in [3.05, 3.63) is 83.7 Å². The van der Waals surface area contributed by atoms with Crippen LogP contribution in [0.1, 0.15) is 106 Å². The van der Waals surface area contributed by atoms with E-state index in [9.17, 15) is 19.2 Å².